The topological polar surface area (TPSA) is 26.0 Å². The fourth-order valence-corrected chi connectivity index (χ4v) is 2.00. The summed E-state index contributed by atoms with van der Waals surface area (Å²) < 4.78 is 0. The van der Waals surface area contributed by atoms with Gasteiger partial charge >= 0.3 is 0 Å². The standard InChI is InChI=1S/C10H19N/c1-7(2)9-5-4-8(3)6-10(9)11/h7,9-10H,3-6,11H2,1-2H3/t9?,10-/m1/s1. The van der Waals surface area contributed by atoms with Gasteiger partial charge < -0.3 is 5.73 Å². The van der Waals surface area contributed by atoms with E-state index in [1.165, 1.54) is 18.4 Å². The van der Waals surface area contributed by atoms with E-state index < -0.39 is 0 Å². The van der Waals surface area contributed by atoms with Crippen molar-refractivity contribution >= 4 is 0 Å². The molecule has 0 saturated heterocycles. The molecule has 0 amide bonds. The summed E-state index contributed by atoms with van der Waals surface area (Å²) in [7, 11) is 0. The van der Waals surface area contributed by atoms with E-state index in [0.29, 0.717) is 6.04 Å². The van der Waals surface area contributed by atoms with Crippen molar-refractivity contribution in [3.8, 4) is 0 Å². The van der Waals surface area contributed by atoms with Crippen LogP contribution < -0.4 is 5.73 Å². The zero-order valence-electron chi connectivity index (χ0n) is 7.64. The molecule has 0 radical (unpaired) electrons. The van der Waals surface area contributed by atoms with Crippen LogP contribution in [0.25, 0.3) is 0 Å². The highest BCUT2D eigenvalue weighted by molar-refractivity contribution is 5.03. The van der Waals surface area contributed by atoms with Crippen LogP contribution in [0.1, 0.15) is 33.1 Å². The molecule has 1 saturated carbocycles. The Labute approximate surface area is 69.7 Å². The molecule has 0 aromatic heterocycles. The van der Waals surface area contributed by atoms with Crippen LogP contribution in [0.5, 0.6) is 0 Å². The lowest BCUT2D eigenvalue weighted by Gasteiger charge is -2.32. The zero-order valence-corrected chi connectivity index (χ0v) is 7.64. The summed E-state index contributed by atoms with van der Waals surface area (Å²) in [6.45, 7) is 8.50. The smallest absolute Gasteiger partial charge is 0.0107 e. The predicted molar refractivity (Wildman–Crippen MR) is 49.3 cm³/mol. The molecule has 0 aliphatic heterocycles. The minimum Gasteiger partial charge on any atom is -0.327 e. The van der Waals surface area contributed by atoms with Gasteiger partial charge in [-0.15, -0.1) is 0 Å². The van der Waals surface area contributed by atoms with Crippen molar-refractivity contribution in [2.24, 2.45) is 17.6 Å². The number of hydrogen-bond acceptors (Lipinski definition) is 1. The van der Waals surface area contributed by atoms with Crippen molar-refractivity contribution in [1.29, 1.82) is 0 Å². The van der Waals surface area contributed by atoms with Crippen LogP contribution in [-0.4, -0.2) is 6.04 Å². The lowest BCUT2D eigenvalue weighted by atomic mass is 9.77. The molecule has 64 valence electrons. The number of rotatable bonds is 1. The SMILES string of the molecule is C=C1CCC(C(C)C)[C@H](N)C1. The van der Waals surface area contributed by atoms with Gasteiger partial charge in [0.2, 0.25) is 0 Å². The monoisotopic (exact) mass is 153 g/mol. The van der Waals surface area contributed by atoms with E-state index in [1.54, 1.807) is 0 Å². The molecule has 0 spiro atoms. The van der Waals surface area contributed by atoms with Crippen molar-refractivity contribution in [1.82, 2.24) is 0 Å². The van der Waals surface area contributed by atoms with Gasteiger partial charge in [-0.25, -0.2) is 0 Å². The molecule has 1 aliphatic carbocycles. The van der Waals surface area contributed by atoms with Gasteiger partial charge in [-0.1, -0.05) is 26.0 Å². The summed E-state index contributed by atoms with van der Waals surface area (Å²) in [5.74, 6) is 1.46. The summed E-state index contributed by atoms with van der Waals surface area (Å²) >= 11 is 0. The molecule has 1 unspecified atom stereocenters. The van der Waals surface area contributed by atoms with Crippen LogP contribution in [0.15, 0.2) is 12.2 Å². The molecule has 1 rings (SSSR count). The van der Waals surface area contributed by atoms with Crippen molar-refractivity contribution in [3.05, 3.63) is 12.2 Å². The molecule has 11 heavy (non-hydrogen) atoms. The van der Waals surface area contributed by atoms with Crippen LogP contribution >= 0.6 is 0 Å². The van der Waals surface area contributed by atoms with E-state index >= 15 is 0 Å². The third-order valence-electron chi connectivity index (χ3n) is 2.76. The third kappa shape index (κ3) is 2.06. The van der Waals surface area contributed by atoms with Gasteiger partial charge in [0.25, 0.3) is 0 Å². The molecule has 1 nitrogen and oxygen atoms in total. The van der Waals surface area contributed by atoms with Crippen molar-refractivity contribution in [3.63, 3.8) is 0 Å². The Kier molecular flexibility index (Phi) is 2.72. The van der Waals surface area contributed by atoms with Gasteiger partial charge in [0.05, 0.1) is 0 Å². The average molecular weight is 153 g/mol. The molecule has 0 heterocycles. The Hall–Kier alpha value is -0.300. The Morgan fingerprint density at radius 3 is 2.64 bits per heavy atom. The first-order valence-electron chi connectivity index (χ1n) is 4.53. The second-order valence-corrected chi connectivity index (χ2v) is 4.06. The molecular formula is C10H19N. The van der Waals surface area contributed by atoms with Gasteiger partial charge in [0.15, 0.2) is 0 Å². The molecule has 0 bridgehead atoms. The summed E-state index contributed by atoms with van der Waals surface area (Å²) in [5.41, 5.74) is 7.35. The first-order valence-corrected chi connectivity index (χ1v) is 4.53. The lowest BCUT2D eigenvalue weighted by Crippen LogP contribution is -2.36. The highest BCUT2D eigenvalue weighted by Gasteiger charge is 2.25. The second-order valence-electron chi connectivity index (χ2n) is 4.06. The number of nitrogens with two attached hydrogens (primary N) is 1. The minimum absolute atomic E-state index is 0.372. The Morgan fingerprint density at radius 2 is 2.18 bits per heavy atom. The Morgan fingerprint density at radius 1 is 1.55 bits per heavy atom. The van der Waals surface area contributed by atoms with Crippen LogP contribution in [0.2, 0.25) is 0 Å². The van der Waals surface area contributed by atoms with Crippen molar-refractivity contribution < 1.29 is 0 Å². The Bertz CT molecular complexity index is 149. The minimum atomic E-state index is 0.372. The maximum Gasteiger partial charge on any atom is 0.0107 e. The van der Waals surface area contributed by atoms with Crippen LogP contribution in [-0.2, 0) is 0 Å². The predicted octanol–water partition coefficient (Wildman–Crippen LogP) is 2.33. The fraction of sp³-hybridized carbons (Fsp3) is 0.800. The summed E-state index contributed by atoms with van der Waals surface area (Å²) in [6, 6.07) is 0.372. The molecule has 1 aliphatic rings. The summed E-state index contributed by atoms with van der Waals surface area (Å²) in [5, 5.41) is 0. The molecule has 0 aromatic rings. The van der Waals surface area contributed by atoms with Crippen LogP contribution in [0.3, 0.4) is 0 Å². The van der Waals surface area contributed by atoms with Gasteiger partial charge in [-0.2, -0.15) is 0 Å². The molecule has 2 atom stereocenters. The largest absolute Gasteiger partial charge is 0.327 e. The van der Waals surface area contributed by atoms with E-state index in [-0.39, 0.29) is 0 Å². The van der Waals surface area contributed by atoms with Crippen molar-refractivity contribution in [2.45, 2.75) is 39.2 Å². The van der Waals surface area contributed by atoms with Gasteiger partial charge in [0.1, 0.15) is 0 Å². The quantitative estimate of drug-likeness (QED) is 0.575. The van der Waals surface area contributed by atoms with Gasteiger partial charge in [-0.05, 0) is 31.1 Å². The van der Waals surface area contributed by atoms with Gasteiger partial charge in [-0.3, -0.25) is 0 Å². The second kappa shape index (κ2) is 3.40. The molecular weight excluding hydrogens is 134 g/mol. The normalized spacial score (nSPS) is 32.9. The first-order chi connectivity index (χ1) is 5.11. The lowest BCUT2D eigenvalue weighted by molar-refractivity contribution is 0.271. The highest BCUT2D eigenvalue weighted by atomic mass is 14.7. The molecule has 2 N–H and O–H groups in total. The van der Waals surface area contributed by atoms with E-state index in [4.69, 9.17) is 5.73 Å². The third-order valence-corrected chi connectivity index (χ3v) is 2.76. The van der Waals surface area contributed by atoms with E-state index in [0.717, 1.165) is 18.3 Å². The maximum absolute atomic E-state index is 6.01. The van der Waals surface area contributed by atoms with Gasteiger partial charge in [0, 0.05) is 6.04 Å². The van der Waals surface area contributed by atoms with Crippen LogP contribution in [0.4, 0.5) is 0 Å². The zero-order chi connectivity index (χ0) is 8.43. The van der Waals surface area contributed by atoms with Crippen molar-refractivity contribution in [2.75, 3.05) is 0 Å². The molecule has 1 heteroatoms. The first kappa shape index (κ1) is 8.79. The van der Waals surface area contributed by atoms with E-state index in [1.807, 2.05) is 0 Å². The highest BCUT2D eigenvalue weighted by Crippen LogP contribution is 2.30. The fourth-order valence-electron chi connectivity index (χ4n) is 2.00. The summed E-state index contributed by atoms with van der Waals surface area (Å²) in [6.07, 6.45) is 3.48. The van der Waals surface area contributed by atoms with E-state index in [2.05, 4.69) is 20.4 Å². The molecule has 0 aromatic carbocycles. The van der Waals surface area contributed by atoms with Crippen LogP contribution in [0, 0.1) is 11.8 Å². The average Bonchev–Trinajstić information content (AvgIpc) is 1.85. The van der Waals surface area contributed by atoms with E-state index in [9.17, 15) is 0 Å². The summed E-state index contributed by atoms with van der Waals surface area (Å²) in [4.78, 5) is 0. The Balaban J connectivity index is 2.50. The molecule has 1 fully saturated rings. The number of hydrogen-bond donors (Lipinski definition) is 1. The maximum atomic E-state index is 6.01.